The predicted octanol–water partition coefficient (Wildman–Crippen LogP) is 4.56. The molecular weight excluding hydrogens is 429 g/mol. The number of hydrogen-bond acceptors (Lipinski definition) is 5. The van der Waals surface area contributed by atoms with Gasteiger partial charge in [-0.05, 0) is 31.9 Å². The Hall–Kier alpha value is -2.16. The van der Waals surface area contributed by atoms with Crippen molar-refractivity contribution in [1.82, 2.24) is 0 Å². The topological polar surface area (TPSA) is 74.1 Å². The Bertz CT molecular complexity index is 969. The fourth-order valence-corrected chi connectivity index (χ4v) is 3.66. The number of carbonyl (C=O) groups is 1. The molecule has 0 fully saturated rings. The number of quaternary nitrogens is 1. The molecule has 2 aliphatic heterocycles. The molecule has 2 unspecified atom stereocenters. The molecule has 0 aliphatic carbocycles. The summed E-state index contributed by atoms with van der Waals surface area (Å²) in [6.45, 7) is 5.27. The number of ether oxygens (including phenoxy) is 1. The van der Waals surface area contributed by atoms with Crippen molar-refractivity contribution in [2.75, 3.05) is 7.11 Å². The van der Waals surface area contributed by atoms with Crippen LogP contribution in [0.25, 0.3) is 0 Å². The van der Waals surface area contributed by atoms with Crippen LogP contribution in [0.4, 0.5) is 4.39 Å². The van der Waals surface area contributed by atoms with E-state index >= 15 is 0 Å². The maximum Gasteiger partial charge on any atom is 0.340 e. The molecule has 3 rings (SSSR count). The molecule has 8 heteroatoms. The molecule has 0 bridgehead atoms. The molecule has 1 aromatic carbocycles. The van der Waals surface area contributed by atoms with Crippen LogP contribution in [-0.2, 0) is 16.0 Å². The van der Waals surface area contributed by atoms with E-state index < -0.39 is 16.0 Å². The van der Waals surface area contributed by atoms with Crippen molar-refractivity contribution in [2.45, 2.75) is 33.6 Å². The molecule has 6 nitrogen and oxygen atoms in total. The van der Waals surface area contributed by atoms with Gasteiger partial charge in [-0.1, -0.05) is 25.1 Å². The first kappa shape index (κ1) is 20.6. The zero-order valence-electron chi connectivity index (χ0n) is 16.1. The Morgan fingerprint density at radius 3 is 2.64 bits per heavy atom. The van der Waals surface area contributed by atoms with Gasteiger partial charge in [0.1, 0.15) is 23.1 Å². The zero-order chi connectivity index (χ0) is 20.7. The van der Waals surface area contributed by atoms with Crippen LogP contribution >= 0.6 is 15.9 Å². The third-order valence-electron chi connectivity index (χ3n) is 5.31. The molecule has 0 saturated heterocycles. The fourth-order valence-electron chi connectivity index (χ4n) is 3.17. The number of benzene rings is 1. The third-order valence-corrected chi connectivity index (χ3v) is 6.44. The number of hydrogen-bond donors (Lipinski definition) is 0. The minimum absolute atomic E-state index is 0.0117. The lowest BCUT2D eigenvalue weighted by atomic mass is 9.84. The van der Waals surface area contributed by atoms with Gasteiger partial charge in [0.05, 0.1) is 12.8 Å². The molecule has 28 heavy (non-hydrogen) atoms. The van der Waals surface area contributed by atoms with Crippen molar-refractivity contribution in [2.24, 2.45) is 15.4 Å². The summed E-state index contributed by atoms with van der Waals surface area (Å²) < 4.78 is 18.3. The largest absolute Gasteiger partial charge is 0.614 e. The van der Waals surface area contributed by atoms with Crippen molar-refractivity contribution in [3.05, 3.63) is 62.9 Å². The Morgan fingerprint density at radius 1 is 1.36 bits per heavy atom. The summed E-state index contributed by atoms with van der Waals surface area (Å²) in [5.41, 5.74) is 0.896. The maximum absolute atomic E-state index is 14.1. The van der Waals surface area contributed by atoms with E-state index in [1.807, 2.05) is 6.92 Å². The Balaban J connectivity index is 2.05. The number of aliphatic imine (C=N–C) groups is 2. The number of hydroxylamine groups is 3. The van der Waals surface area contributed by atoms with Gasteiger partial charge >= 0.3 is 11.9 Å². The first-order chi connectivity index (χ1) is 13.2. The smallest absolute Gasteiger partial charge is 0.340 e. The monoisotopic (exact) mass is 449 g/mol. The van der Waals surface area contributed by atoms with Gasteiger partial charge in [-0.25, -0.2) is 9.04 Å². The number of carbonyl (C=O) groups excluding carboxylic acids is 1. The summed E-state index contributed by atoms with van der Waals surface area (Å²) in [5.74, 6) is -0.814. The number of nitrogens with zero attached hydrogens (tertiary/aromatic N) is 3. The average molecular weight is 450 g/mol. The Morgan fingerprint density at radius 2 is 2.04 bits per heavy atom. The quantitative estimate of drug-likeness (QED) is 0.286. The van der Waals surface area contributed by atoms with E-state index in [2.05, 4.69) is 25.9 Å². The zero-order valence-corrected chi connectivity index (χ0v) is 17.7. The average Bonchev–Trinajstić information content (AvgIpc) is 3.04. The third kappa shape index (κ3) is 3.15. The second kappa shape index (κ2) is 7.35. The Kier molecular flexibility index (Phi) is 5.40. The van der Waals surface area contributed by atoms with Crippen molar-refractivity contribution < 1.29 is 18.6 Å². The summed E-state index contributed by atoms with van der Waals surface area (Å²) in [6.07, 6.45) is 2.01. The van der Waals surface area contributed by atoms with Gasteiger partial charge in [-0.2, -0.15) is 9.98 Å². The van der Waals surface area contributed by atoms with E-state index in [1.54, 1.807) is 32.0 Å². The first-order valence-electron chi connectivity index (χ1n) is 8.86. The lowest BCUT2D eigenvalue weighted by Gasteiger charge is -2.36. The van der Waals surface area contributed by atoms with E-state index in [9.17, 15) is 14.4 Å². The highest BCUT2D eigenvalue weighted by atomic mass is 79.9. The van der Waals surface area contributed by atoms with Crippen LogP contribution < -0.4 is 0 Å². The summed E-state index contributed by atoms with van der Waals surface area (Å²) in [5, 5.41) is 13.5. The second-order valence-corrected chi connectivity index (χ2v) is 7.76. The maximum atomic E-state index is 14.1. The molecular formula is C20H21BrFN3O3. The normalized spacial score (nSPS) is 23.5. The molecule has 0 amide bonds. The summed E-state index contributed by atoms with van der Waals surface area (Å²) >= 11 is 3.38. The van der Waals surface area contributed by atoms with E-state index in [0.717, 1.165) is 0 Å². The van der Waals surface area contributed by atoms with Crippen LogP contribution in [0, 0.1) is 16.4 Å². The van der Waals surface area contributed by atoms with Crippen LogP contribution in [0.2, 0.25) is 0 Å². The molecule has 2 atom stereocenters. The van der Waals surface area contributed by atoms with Crippen LogP contribution in [0.5, 0.6) is 0 Å². The van der Waals surface area contributed by atoms with Gasteiger partial charge in [-0.3, -0.25) is 4.79 Å². The van der Waals surface area contributed by atoms with E-state index in [4.69, 9.17) is 4.74 Å². The molecule has 0 radical (unpaired) electrons. The van der Waals surface area contributed by atoms with Crippen molar-refractivity contribution >= 4 is 33.6 Å². The van der Waals surface area contributed by atoms with Gasteiger partial charge < -0.3 is 9.94 Å². The molecule has 148 valence electrons. The fraction of sp³-hybridized carbons (Fsp3) is 0.350. The number of methoxy groups -OCH3 is 1. The lowest BCUT2D eigenvalue weighted by molar-refractivity contribution is -0.676. The number of esters is 1. The summed E-state index contributed by atoms with van der Waals surface area (Å²) in [4.78, 5) is 21.1. The first-order valence-corrected chi connectivity index (χ1v) is 9.65. The van der Waals surface area contributed by atoms with Crippen LogP contribution in [0.15, 0.2) is 56.3 Å². The van der Waals surface area contributed by atoms with Gasteiger partial charge in [0.15, 0.2) is 4.61 Å². The van der Waals surface area contributed by atoms with Gasteiger partial charge in [0, 0.05) is 27.9 Å². The van der Waals surface area contributed by atoms with Crippen LogP contribution in [0.3, 0.4) is 0 Å². The molecule has 0 N–H and O–H groups in total. The van der Waals surface area contributed by atoms with Gasteiger partial charge in [-0.15, -0.1) is 0 Å². The highest BCUT2D eigenvalue weighted by Gasteiger charge is 2.47. The standard InChI is InChI=1S/C20H21BrFN3O3/c1-5-20(3,18(26)28-4)16-11-25(27)17(21)12(2)15(23-19(25)24-16)10-13-8-6-7-9-14(13)22/h6-9,11H,5,10H2,1-4H3. The molecule has 0 spiro atoms. The van der Waals surface area contributed by atoms with E-state index in [1.165, 1.54) is 19.4 Å². The van der Waals surface area contributed by atoms with Crippen LogP contribution in [0.1, 0.15) is 32.8 Å². The second-order valence-electron chi connectivity index (χ2n) is 7.00. The van der Waals surface area contributed by atoms with Gasteiger partial charge in [0.2, 0.25) is 0 Å². The number of guanidine groups is 1. The minimum atomic E-state index is -1.06. The number of rotatable bonds is 5. The Labute approximate surface area is 171 Å². The predicted molar refractivity (Wildman–Crippen MR) is 109 cm³/mol. The SMILES string of the molecule is CCC(C)(C(=O)OC)C1=C[N+]2([O-])C(=N1)N=C(Cc1ccccc1F)C(C)=C2Br. The van der Waals surface area contributed by atoms with Crippen molar-refractivity contribution in [3.8, 4) is 0 Å². The number of halogens is 2. The van der Waals surface area contributed by atoms with Crippen molar-refractivity contribution in [3.63, 3.8) is 0 Å². The van der Waals surface area contributed by atoms with E-state index in [-0.39, 0.29) is 18.2 Å². The highest BCUT2D eigenvalue weighted by molar-refractivity contribution is 9.11. The lowest BCUT2D eigenvalue weighted by Crippen LogP contribution is -2.41. The number of allylic oxidation sites excluding steroid dienone is 1. The highest BCUT2D eigenvalue weighted by Crippen LogP contribution is 2.43. The van der Waals surface area contributed by atoms with Crippen molar-refractivity contribution in [1.29, 1.82) is 0 Å². The molecule has 1 aromatic rings. The van der Waals surface area contributed by atoms with Crippen LogP contribution in [-0.4, -0.2) is 29.4 Å². The number of fused-ring (bicyclic) bond motifs is 1. The molecule has 2 aliphatic rings. The van der Waals surface area contributed by atoms with E-state index in [0.29, 0.717) is 33.6 Å². The molecule has 0 aromatic heterocycles. The summed E-state index contributed by atoms with van der Waals surface area (Å²) in [6, 6.07) is 6.43. The van der Waals surface area contributed by atoms with Gasteiger partial charge in [0.25, 0.3) is 0 Å². The molecule has 0 saturated carbocycles. The molecule has 2 heterocycles. The summed E-state index contributed by atoms with van der Waals surface area (Å²) in [7, 11) is 1.30. The minimum Gasteiger partial charge on any atom is -0.614 e.